The lowest BCUT2D eigenvalue weighted by Crippen LogP contribution is -2.06. The van der Waals surface area contributed by atoms with Crippen molar-refractivity contribution in [3.05, 3.63) is 83.1 Å². The van der Waals surface area contributed by atoms with Crippen LogP contribution in [0.5, 0.6) is 0 Å². The maximum absolute atomic E-state index is 4.67. The number of H-pyrrole nitrogens is 1. The van der Waals surface area contributed by atoms with Crippen LogP contribution in [0.4, 0.5) is 5.82 Å². The minimum absolute atomic E-state index is 0.585. The van der Waals surface area contributed by atoms with Gasteiger partial charge in [0, 0.05) is 17.0 Å². The third-order valence-corrected chi connectivity index (χ3v) is 6.09. The number of rotatable bonds is 6. The quantitative estimate of drug-likeness (QED) is 0.374. The van der Waals surface area contributed by atoms with Gasteiger partial charge in [0.15, 0.2) is 0 Å². The number of nitrogens with zero attached hydrogens (tertiary/aromatic N) is 5. The van der Waals surface area contributed by atoms with Gasteiger partial charge in [-0.1, -0.05) is 54.6 Å². The van der Waals surface area contributed by atoms with Crippen LogP contribution in [0, 0.1) is 13.8 Å². The molecule has 5 aromatic rings. The molecule has 3 heterocycles. The van der Waals surface area contributed by atoms with Crippen molar-refractivity contribution in [1.29, 1.82) is 0 Å². The smallest absolute Gasteiger partial charge is 0.205 e. The monoisotopic (exact) mass is 439 g/mol. The van der Waals surface area contributed by atoms with Gasteiger partial charge in [-0.3, -0.25) is 0 Å². The van der Waals surface area contributed by atoms with Crippen LogP contribution in [-0.2, 0) is 6.54 Å². The first-order valence-electron chi connectivity index (χ1n) is 10.2. The van der Waals surface area contributed by atoms with E-state index in [1.54, 1.807) is 11.3 Å². The summed E-state index contributed by atoms with van der Waals surface area (Å²) in [6.07, 6.45) is 0. The molecule has 0 aliphatic rings. The van der Waals surface area contributed by atoms with Crippen LogP contribution in [0.25, 0.3) is 33.0 Å². The summed E-state index contributed by atoms with van der Waals surface area (Å²) in [6.45, 7) is 4.62. The minimum Gasteiger partial charge on any atom is -0.365 e. The van der Waals surface area contributed by atoms with E-state index in [4.69, 9.17) is 0 Å². The van der Waals surface area contributed by atoms with Crippen molar-refractivity contribution in [2.75, 3.05) is 5.32 Å². The molecule has 32 heavy (non-hydrogen) atoms. The third kappa shape index (κ3) is 4.00. The normalized spacial score (nSPS) is 10.9. The number of aromatic amines is 1. The SMILES string of the molecule is Cc1nc(C)c(-c2cccs2)c(NCc2ccc(-c3ccccc3-c3nn[nH]n3)cc2)n1. The predicted molar refractivity (Wildman–Crippen MR) is 127 cm³/mol. The molecule has 2 N–H and O–H groups in total. The van der Waals surface area contributed by atoms with E-state index in [1.807, 2.05) is 38.1 Å². The highest BCUT2D eigenvalue weighted by molar-refractivity contribution is 7.13. The third-order valence-electron chi connectivity index (χ3n) is 5.21. The van der Waals surface area contributed by atoms with Gasteiger partial charge in [-0.2, -0.15) is 5.21 Å². The van der Waals surface area contributed by atoms with E-state index in [9.17, 15) is 0 Å². The van der Waals surface area contributed by atoms with E-state index in [0.717, 1.165) is 45.2 Å². The molecule has 0 saturated heterocycles. The molecule has 158 valence electrons. The lowest BCUT2D eigenvalue weighted by Gasteiger charge is -2.14. The maximum atomic E-state index is 4.67. The van der Waals surface area contributed by atoms with E-state index < -0.39 is 0 Å². The second-order valence-electron chi connectivity index (χ2n) is 7.39. The van der Waals surface area contributed by atoms with Crippen molar-refractivity contribution in [1.82, 2.24) is 30.6 Å². The Morgan fingerprint density at radius 2 is 1.72 bits per heavy atom. The minimum atomic E-state index is 0.585. The summed E-state index contributed by atoms with van der Waals surface area (Å²) in [5, 5.41) is 20.1. The number of anilines is 1. The average molecular weight is 440 g/mol. The van der Waals surface area contributed by atoms with Crippen LogP contribution in [0.15, 0.2) is 66.0 Å². The number of aromatic nitrogens is 6. The highest BCUT2D eigenvalue weighted by atomic mass is 32.1. The van der Waals surface area contributed by atoms with Crippen molar-refractivity contribution < 1.29 is 0 Å². The van der Waals surface area contributed by atoms with E-state index in [-0.39, 0.29) is 0 Å². The number of tetrazole rings is 1. The molecule has 0 aliphatic carbocycles. The molecule has 7 nitrogen and oxygen atoms in total. The Bertz CT molecular complexity index is 1330. The summed E-state index contributed by atoms with van der Waals surface area (Å²) >= 11 is 1.69. The van der Waals surface area contributed by atoms with E-state index >= 15 is 0 Å². The number of aryl methyl sites for hydroxylation is 2. The van der Waals surface area contributed by atoms with Gasteiger partial charge in [-0.05, 0) is 47.2 Å². The van der Waals surface area contributed by atoms with Crippen LogP contribution in [0.2, 0.25) is 0 Å². The van der Waals surface area contributed by atoms with E-state index in [1.165, 1.54) is 4.88 Å². The predicted octanol–water partition coefficient (Wildman–Crippen LogP) is 5.28. The van der Waals surface area contributed by atoms with Crippen molar-refractivity contribution >= 4 is 17.2 Å². The van der Waals surface area contributed by atoms with Gasteiger partial charge >= 0.3 is 0 Å². The molecule has 2 aromatic carbocycles. The second-order valence-corrected chi connectivity index (χ2v) is 8.34. The summed E-state index contributed by atoms with van der Waals surface area (Å²) in [6, 6.07) is 20.7. The van der Waals surface area contributed by atoms with Crippen LogP contribution >= 0.6 is 11.3 Å². The highest BCUT2D eigenvalue weighted by Crippen LogP contribution is 2.33. The van der Waals surface area contributed by atoms with Gasteiger partial charge in [0.1, 0.15) is 11.6 Å². The molecule has 0 fully saturated rings. The molecular weight excluding hydrogens is 418 g/mol. The molecule has 0 aliphatic heterocycles. The number of hydrogen-bond donors (Lipinski definition) is 2. The number of thiophene rings is 1. The maximum Gasteiger partial charge on any atom is 0.205 e. The average Bonchev–Trinajstić information content (AvgIpc) is 3.52. The molecule has 3 aromatic heterocycles. The van der Waals surface area contributed by atoms with Gasteiger partial charge in [-0.25, -0.2) is 9.97 Å². The Morgan fingerprint density at radius 3 is 2.44 bits per heavy atom. The summed E-state index contributed by atoms with van der Waals surface area (Å²) in [5.41, 5.74) is 6.32. The van der Waals surface area contributed by atoms with Gasteiger partial charge in [0.05, 0.1) is 11.3 Å². The molecule has 0 atom stereocenters. The lowest BCUT2D eigenvalue weighted by atomic mass is 9.98. The molecular formula is C24H21N7S. The van der Waals surface area contributed by atoms with Crippen LogP contribution < -0.4 is 5.32 Å². The van der Waals surface area contributed by atoms with Crippen molar-refractivity contribution in [3.63, 3.8) is 0 Å². The fourth-order valence-electron chi connectivity index (χ4n) is 3.75. The van der Waals surface area contributed by atoms with Crippen LogP contribution in [-0.4, -0.2) is 30.6 Å². The summed E-state index contributed by atoms with van der Waals surface area (Å²) in [5.74, 6) is 2.21. The van der Waals surface area contributed by atoms with Gasteiger partial charge in [-0.15, -0.1) is 21.5 Å². The van der Waals surface area contributed by atoms with Crippen LogP contribution in [0.3, 0.4) is 0 Å². The number of nitrogens with one attached hydrogen (secondary N) is 2. The van der Waals surface area contributed by atoms with Gasteiger partial charge in [0.2, 0.25) is 5.82 Å². The standard InChI is InChI=1S/C24H21N7S/c1-15-22(21-8-5-13-32-21)24(27-16(2)26-15)25-14-17-9-11-18(12-10-17)19-6-3-4-7-20(19)23-28-30-31-29-23/h3-13H,14H2,1-2H3,(H,25,26,27)(H,28,29,30,31). The second kappa shape index (κ2) is 8.68. The molecule has 5 rings (SSSR count). The van der Waals surface area contributed by atoms with Crippen molar-refractivity contribution in [3.8, 4) is 33.0 Å². The Kier molecular flexibility index (Phi) is 5.43. The number of hydrogen-bond acceptors (Lipinski definition) is 7. The topological polar surface area (TPSA) is 92.3 Å². The molecule has 0 amide bonds. The molecule has 0 unspecified atom stereocenters. The molecule has 0 radical (unpaired) electrons. The van der Waals surface area contributed by atoms with Gasteiger partial charge < -0.3 is 5.32 Å². The fraction of sp³-hybridized carbons (Fsp3) is 0.125. The molecule has 8 heteroatoms. The summed E-state index contributed by atoms with van der Waals surface area (Å²) in [7, 11) is 0. The Labute approximate surface area is 189 Å². The zero-order valence-corrected chi connectivity index (χ0v) is 18.5. The first-order valence-corrected chi connectivity index (χ1v) is 11.1. The van der Waals surface area contributed by atoms with Gasteiger partial charge in [0.25, 0.3) is 0 Å². The lowest BCUT2D eigenvalue weighted by molar-refractivity contribution is 0.881. The van der Waals surface area contributed by atoms with Crippen molar-refractivity contribution in [2.45, 2.75) is 20.4 Å². The Morgan fingerprint density at radius 1 is 0.906 bits per heavy atom. The Hall–Kier alpha value is -3.91. The molecule has 0 spiro atoms. The largest absolute Gasteiger partial charge is 0.365 e. The van der Waals surface area contributed by atoms with Crippen molar-refractivity contribution in [2.24, 2.45) is 0 Å². The number of benzene rings is 2. The summed E-state index contributed by atoms with van der Waals surface area (Å²) in [4.78, 5) is 10.4. The summed E-state index contributed by atoms with van der Waals surface area (Å²) < 4.78 is 0. The zero-order chi connectivity index (χ0) is 21.9. The van der Waals surface area contributed by atoms with E-state index in [2.05, 4.69) is 77.7 Å². The Balaban J connectivity index is 1.39. The highest BCUT2D eigenvalue weighted by Gasteiger charge is 2.14. The zero-order valence-electron chi connectivity index (χ0n) is 17.7. The fourth-order valence-corrected chi connectivity index (χ4v) is 4.57. The van der Waals surface area contributed by atoms with E-state index in [0.29, 0.717) is 12.4 Å². The van der Waals surface area contributed by atoms with Crippen LogP contribution in [0.1, 0.15) is 17.1 Å². The molecule has 0 bridgehead atoms. The molecule has 0 saturated carbocycles. The first-order chi connectivity index (χ1) is 15.7. The first kappa shape index (κ1) is 20.0.